The first-order chi connectivity index (χ1) is 18.1. The molecule has 3 fully saturated rings. The lowest BCUT2D eigenvalue weighted by Gasteiger charge is -2.40. The normalized spacial score (nSPS) is 22.4. The summed E-state index contributed by atoms with van der Waals surface area (Å²) in [6, 6.07) is 6.39. The van der Waals surface area contributed by atoms with E-state index in [0.29, 0.717) is 43.7 Å². The highest BCUT2D eigenvalue weighted by atomic mass is 16.5. The summed E-state index contributed by atoms with van der Waals surface area (Å²) in [5, 5.41) is 3.11. The topological polar surface area (TPSA) is 70.8 Å². The number of hydrogen-bond donors (Lipinski definition) is 1. The van der Waals surface area contributed by atoms with Crippen LogP contribution in [0, 0.1) is 12.5 Å². The second-order valence-electron chi connectivity index (χ2n) is 10.8. The summed E-state index contributed by atoms with van der Waals surface area (Å²) in [7, 11) is 0. The minimum absolute atomic E-state index is 0.239. The molecule has 0 unspecified atom stereocenters. The monoisotopic (exact) mass is 505 g/mol. The van der Waals surface area contributed by atoms with Crippen LogP contribution in [0.4, 0.5) is 11.4 Å². The SMILES string of the molecule is [C-]#[N+]C1=CCC(C(=O)Nc2ccc(C3(OCCN4CCCC4)CCOCC3)cc2N2CCC(C)CC2)=N1. The Morgan fingerprint density at radius 3 is 2.68 bits per heavy atom. The quantitative estimate of drug-likeness (QED) is 0.524. The first-order valence-electron chi connectivity index (χ1n) is 13.9. The summed E-state index contributed by atoms with van der Waals surface area (Å²) in [6.45, 7) is 16.8. The first-order valence-corrected chi connectivity index (χ1v) is 13.9. The molecule has 0 atom stereocenters. The predicted molar refractivity (Wildman–Crippen MR) is 146 cm³/mol. The minimum atomic E-state index is -0.373. The van der Waals surface area contributed by atoms with Gasteiger partial charge in [0, 0.05) is 52.1 Å². The van der Waals surface area contributed by atoms with Gasteiger partial charge in [-0.15, -0.1) is 4.99 Å². The largest absolute Gasteiger partial charge is 0.381 e. The van der Waals surface area contributed by atoms with E-state index in [1.807, 2.05) is 6.07 Å². The number of benzene rings is 1. The summed E-state index contributed by atoms with van der Waals surface area (Å²) in [6.07, 6.45) is 8.59. The van der Waals surface area contributed by atoms with Gasteiger partial charge in [0.15, 0.2) is 5.71 Å². The van der Waals surface area contributed by atoms with E-state index < -0.39 is 0 Å². The highest BCUT2D eigenvalue weighted by Crippen LogP contribution is 2.40. The maximum absolute atomic E-state index is 13.0. The average Bonchev–Trinajstić information content (AvgIpc) is 3.63. The van der Waals surface area contributed by atoms with Crippen molar-refractivity contribution in [3.05, 3.63) is 47.1 Å². The van der Waals surface area contributed by atoms with Gasteiger partial charge in [-0.25, -0.2) is 0 Å². The van der Waals surface area contributed by atoms with Crippen molar-refractivity contribution in [2.24, 2.45) is 10.9 Å². The number of rotatable bonds is 8. The van der Waals surface area contributed by atoms with E-state index in [9.17, 15) is 4.79 Å². The second-order valence-corrected chi connectivity index (χ2v) is 10.8. The Labute approximate surface area is 220 Å². The van der Waals surface area contributed by atoms with Gasteiger partial charge < -0.3 is 29.4 Å². The molecule has 0 radical (unpaired) electrons. The van der Waals surface area contributed by atoms with Gasteiger partial charge in [0.2, 0.25) is 0 Å². The third kappa shape index (κ3) is 6.06. The lowest BCUT2D eigenvalue weighted by Crippen LogP contribution is -2.39. The van der Waals surface area contributed by atoms with Gasteiger partial charge in [-0.05, 0) is 62.4 Å². The number of nitrogens with one attached hydrogen (secondary N) is 1. The Morgan fingerprint density at radius 2 is 1.97 bits per heavy atom. The molecule has 0 bridgehead atoms. The van der Waals surface area contributed by atoms with Crippen molar-refractivity contribution in [2.75, 3.05) is 62.8 Å². The van der Waals surface area contributed by atoms with Gasteiger partial charge in [-0.3, -0.25) is 4.79 Å². The number of allylic oxidation sites excluding steroid dienone is 1. The number of hydrogen-bond acceptors (Lipinski definition) is 6. The van der Waals surface area contributed by atoms with Crippen molar-refractivity contribution in [1.29, 1.82) is 0 Å². The molecule has 4 aliphatic rings. The van der Waals surface area contributed by atoms with Crippen LogP contribution < -0.4 is 10.2 Å². The summed E-state index contributed by atoms with van der Waals surface area (Å²) >= 11 is 0. The highest BCUT2D eigenvalue weighted by molar-refractivity contribution is 6.44. The molecule has 5 rings (SSSR count). The second kappa shape index (κ2) is 11.8. The molecule has 1 amide bonds. The third-order valence-electron chi connectivity index (χ3n) is 8.29. The number of likely N-dealkylation sites (tertiary alicyclic amines) is 1. The molecule has 1 aromatic rings. The smallest absolute Gasteiger partial charge is 0.294 e. The summed E-state index contributed by atoms with van der Waals surface area (Å²) in [5.74, 6) is 0.759. The molecule has 1 aromatic carbocycles. The third-order valence-corrected chi connectivity index (χ3v) is 8.29. The number of carbonyl (C=O) groups is 1. The van der Waals surface area contributed by atoms with Crippen LogP contribution in [0.2, 0.25) is 0 Å². The maximum atomic E-state index is 13.0. The zero-order valence-corrected chi connectivity index (χ0v) is 22.0. The van der Waals surface area contributed by atoms with Crippen LogP contribution in [0.25, 0.3) is 4.85 Å². The molecule has 198 valence electrons. The number of anilines is 2. The van der Waals surface area contributed by atoms with Crippen LogP contribution in [0.5, 0.6) is 0 Å². The standard InChI is InChI=1S/C29H39N5O3/c1-22-9-15-34(16-10-22)26-21-23(5-6-24(26)32-28(35)25-7-8-27(30-2)31-25)29(11-18-36-19-12-29)37-20-17-33-13-3-4-14-33/h5-6,8,21-22H,3-4,7,9-20H2,1H3,(H,32,35). The van der Waals surface area contributed by atoms with E-state index in [0.717, 1.165) is 56.7 Å². The molecule has 37 heavy (non-hydrogen) atoms. The minimum Gasteiger partial charge on any atom is -0.381 e. The van der Waals surface area contributed by atoms with Crippen molar-refractivity contribution >= 4 is 23.0 Å². The van der Waals surface area contributed by atoms with Crippen LogP contribution in [-0.4, -0.2) is 69.1 Å². The van der Waals surface area contributed by atoms with Gasteiger partial charge in [-0.1, -0.05) is 25.6 Å². The summed E-state index contributed by atoms with van der Waals surface area (Å²) in [5.41, 5.74) is 3.02. The molecule has 0 spiro atoms. The molecule has 0 aliphatic carbocycles. The molecular formula is C29H39N5O3. The van der Waals surface area contributed by atoms with Crippen LogP contribution in [0.15, 0.2) is 35.1 Å². The van der Waals surface area contributed by atoms with Gasteiger partial charge in [-0.2, -0.15) is 0 Å². The maximum Gasteiger partial charge on any atom is 0.294 e. The first kappa shape index (κ1) is 25.9. The van der Waals surface area contributed by atoms with E-state index in [4.69, 9.17) is 16.0 Å². The van der Waals surface area contributed by atoms with Crippen molar-refractivity contribution in [3.63, 3.8) is 0 Å². The molecule has 3 saturated heterocycles. The Kier molecular flexibility index (Phi) is 8.23. The number of amides is 1. The molecule has 4 heterocycles. The molecular weight excluding hydrogens is 466 g/mol. The van der Waals surface area contributed by atoms with E-state index in [-0.39, 0.29) is 11.5 Å². The van der Waals surface area contributed by atoms with Gasteiger partial charge >= 0.3 is 0 Å². The van der Waals surface area contributed by atoms with Crippen molar-refractivity contribution in [1.82, 2.24) is 4.90 Å². The fourth-order valence-corrected chi connectivity index (χ4v) is 5.85. The van der Waals surface area contributed by atoms with Crippen LogP contribution >= 0.6 is 0 Å². The molecule has 8 nitrogen and oxygen atoms in total. The Bertz CT molecular complexity index is 1070. The number of nitrogens with zero attached hydrogens (tertiary/aromatic N) is 4. The Balaban J connectivity index is 1.40. The van der Waals surface area contributed by atoms with E-state index in [2.05, 4.69) is 44.0 Å². The highest BCUT2D eigenvalue weighted by Gasteiger charge is 2.37. The molecule has 0 aromatic heterocycles. The number of carbonyl (C=O) groups excluding carboxylic acids is 1. The van der Waals surface area contributed by atoms with Crippen LogP contribution in [-0.2, 0) is 19.9 Å². The summed E-state index contributed by atoms with van der Waals surface area (Å²) < 4.78 is 12.5. The molecule has 4 aliphatic heterocycles. The fraction of sp³-hybridized carbons (Fsp3) is 0.621. The molecule has 8 heteroatoms. The van der Waals surface area contributed by atoms with Crippen LogP contribution in [0.1, 0.15) is 57.4 Å². The van der Waals surface area contributed by atoms with Crippen molar-refractivity contribution in [2.45, 2.75) is 57.5 Å². The molecule has 0 saturated carbocycles. The predicted octanol–water partition coefficient (Wildman–Crippen LogP) is 4.58. The Morgan fingerprint density at radius 1 is 1.22 bits per heavy atom. The van der Waals surface area contributed by atoms with E-state index in [1.165, 1.54) is 31.5 Å². The van der Waals surface area contributed by atoms with E-state index in [1.54, 1.807) is 6.08 Å². The van der Waals surface area contributed by atoms with Crippen molar-refractivity contribution in [3.8, 4) is 0 Å². The van der Waals surface area contributed by atoms with Crippen LogP contribution in [0.3, 0.4) is 0 Å². The lowest BCUT2D eigenvalue weighted by atomic mass is 9.85. The lowest BCUT2D eigenvalue weighted by molar-refractivity contribution is -0.119. The summed E-state index contributed by atoms with van der Waals surface area (Å²) in [4.78, 5) is 25.5. The zero-order chi connectivity index (χ0) is 25.7. The molecule has 1 N–H and O–H groups in total. The average molecular weight is 506 g/mol. The Hall–Kier alpha value is -2.73. The van der Waals surface area contributed by atoms with Crippen molar-refractivity contribution < 1.29 is 14.3 Å². The fourth-order valence-electron chi connectivity index (χ4n) is 5.85. The number of ether oxygens (including phenoxy) is 2. The van der Waals surface area contributed by atoms with Gasteiger partial charge in [0.1, 0.15) is 0 Å². The van der Waals surface area contributed by atoms with Gasteiger partial charge in [0.25, 0.3) is 11.7 Å². The number of piperidine rings is 1. The number of aliphatic imine (C=N–C) groups is 1. The van der Waals surface area contributed by atoms with Gasteiger partial charge in [0.05, 0.1) is 23.6 Å². The van der Waals surface area contributed by atoms with E-state index >= 15 is 0 Å². The zero-order valence-electron chi connectivity index (χ0n) is 22.0.